The average Bonchev–Trinajstić information content (AvgIpc) is 3.71. The topological polar surface area (TPSA) is 115 Å². The Balaban J connectivity index is 1.25. The molecule has 2 aliphatic heterocycles. The van der Waals surface area contributed by atoms with Crippen LogP contribution in [0.25, 0.3) is 0 Å². The number of ether oxygens (including phenoxy) is 3. The highest BCUT2D eigenvalue weighted by molar-refractivity contribution is 8.00. The summed E-state index contributed by atoms with van der Waals surface area (Å²) >= 11 is 2.78. The maximum atomic E-state index is 13.8. The smallest absolute Gasteiger partial charge is 0.344 e. The lowest BCUT2D eigenvalue weighted by atomic mass is 9.68. The van der Waals surface area contributed by atoms with E-state index in [2.05, 4.69) is 4.98 Å². The van der Waals surface area contributed by atoms with E-state index in [9.17, 15) is 23.6 Å². The maximum Gasteiger partial charge on any atom is 0.344 e. The normalized spacial score (nSPS) is 28.8. The number of imide groups is 1. The average molecular weight is 611 g/mol. The van der Waals surface area contributed by atoms with Gasteiger partial charge < -0.3 is 19.2 Å². The van der Waals surface area contributed by atoms with Gasteiger partial charge in [0.05, 0.1) is 36.3 Å². The van der Waals surface area contributed by atoms with E-state index in [-0.39, 0.29) is 58.8 Å². The number of hydrogen-bond acceptors (Lipinski definition) is 9. The van der Waals surface area contributed by atoms with Crippen molar-refractivity contribution in [1.82, 2.24) is 4.98 Å². The number of esters is 1. The molecule has 7 rings (SSSR count). The van der Waals surface area contributed by atoms with Crippen LogP contribution in [0.3, 0.4) is 0 Å². The van der Waals surface area contributed by atoms with Gasteiger partial charge in [0.2, 0.25) is 11.8 Å². The summed E-state index contributed by atoms with van der Waals surface area (Å²) in [6.07, 6.45) is 0.750. The van der Waals surface area contributed by atoms with Gasteiger partial charge >= 0.3 is 10.8 Å². The second-order valence-electron chi connectivity index (χ2n) is 11.0. The Kier molecular flexibility index (Phi) is 6.65. The second-order valence-corrected chi connectivity index (χ2v) is 13.2. The Morgan fingerprint density at radius 1 is 1.05 bits per heavy atom. The summed E-state index contributed by atoms with van der Waals surface area (Å²) in [6, 6.07) is 11.0. The van der Waals surface area contributed by atoms with Crippen molar-refractivity contribution in [2.24, 2.45) is 29.6 Å². The van der Waals surface area contributed by atoms with Crippen molar-refractivity contribution in [3.8, 4) is 11.5 Å². The van der Waals surface area contributed by atoms with Crippen LogP contribution in [-0.2, 0) is 19.1 Å². The lowest BCUT2D eigenvalue weighted by Gasteiger charge is -2.43. The number of benzene rings is 2. The van der Waals surface area contributed by atoms with Crippen LogP contribution in [0.1, 0.15) is 29.7 Å². The first-order valence-electron chi connectivity index (χ1n) is 13.8. The third-order valence-corrected chi connectivity index (χ3v) is 11.6. The summed E-state index contributed by atoms with van der Waals surface area (Å²) in [6.45, 7) is 1.72. The third-order valence-electron chi connectivity index (χ3n) is 9.01. The van der Waals surface area contributed by atoms with Gasteiger partial charge in [-0.1, -0.05) is 17.4 Å². The monoisotopic (exact) mass is 610 g/mol. The Hall–Kier alpha value is -3.64. The van der Waals surface area contributed by atoms with Gasteiger partial charge in [-0.2, -0.15) is 0 Å². The largest absolute Gasteiger partial charge is 0.493 e. The van der Waals surface area contributed by atoms with Gasteiger partial charge in [-0.3, -0.25) is 19.3 Å². The van der Waals surface area contributed by atoms with Gasteiger partial charge in [0.25, 0.3) is 0 Å². The number of aromatic nitrogens is 1. The van der Waals surface area contributed by atoms with Crippen LogP contribution in [0.15, 0.2) is 52.3 Å². The van der Waals surface area contributed by atoms with E-state index in [1.807, 2.05) is 12.1 Å². The lowest BCUT2D eigenvalue weighted by molar-refractivity contribution is -0.145. The van der Waals surface area contributed by atoms with Gasteiger partial charge in [-0.15, -0.1) is 11.8 Å². The molecule has 4 aliphatic rings. The van der Waals surface area contributed by atoms with E-state index in [1.54, 1.807) is 24.8 Å². The van der Waals surface area contributed by atoms with Crippen LogP contribution in [0, 0.1) is 35.4 Å². The number of amides is 2. The molecule has 2 bridgehead atoms. The van der Waals surface area contributed by atoms with Crippen molar-refractivity contribution >= 4 is 46.6 Å². The number of methoxy groups -OCH3 is 1. The van der Waals surface area contributed by atoms with Crippen molar-refractivity contribution < 1.29 is 33.0 Å². The highest BCUT2D eigenvalue weighted by atomic mass is 32.2. The van der Waals surface area contributed by atoms with Crippen molar-refractivity contribution in [3.05, 3.63) is 68.4 Å². The fourth-order valence-corrected chi connectivity index (χ4v) is 10.5. The molecule has 7 atom stereocenters. The summed E-state index contributed by atoms with van der Waals surface area (Å²) in [4.78, 5) is 56.9. The van der Waals surface area contributed by atoms with Crippen LogP contribution in [0.2, 0.25) is 0 Å². The number of H-pyrrole nitrogens is 1. The Morgan fingerprint density at radius 2 is 1.79 bits per heavy atom. The predicted octanol–water partition coefficient (Wildman–Crippen LogP) is 4.20. The fourth-order valence-electron chi connectivity index (χ4n) is 7.57. The summed E-state index contributed by atoms with van der Waals surface area (Å²) in [5.41, 5.74) is 1.29. The van der Waals surface area contributed by atoms with Crippen molar-refractivity contribution in [2.45, 2.75) is 29.5 Å². The minimum atomic E-state index is -0.487. The number of aromatic amines is 1. The number of carbonyl (C=O) groups excluding carboxylic acids is 3. The van der Waals surface area contributed by atoms with Crippen LogP contribution in [-0.4, -0.2) is 48.3 Å². The number of hydrogen-bond donors (Lipinski definition) is 1. The summed E-state index contributed by atoms with van der Waals surface area (Å²) in [5, 5.41) is 0.823. The van der Waals surface area contributed by atoms with E-state index in [0.29, 0.717) is 17.2 Å². The number of fused-ring (bicyclic) bond motifs is 9. The number of thiazole rings is 1. The third kappa shape index (κ3) is 4.10. The molecular weight excluding hydrogens is 583 g/mol. The quantitative estimate of drug-likeness (QED) is 0.313. The molecule has 42 heavy (non-hydrogen) atoms. The Bertz CT molecular complexity index is 1650. The minimum absolute atomic E-state index is 0.00104. The molecule has 2 aromatic carbocycles. The SMILES string of the molecule is CCOC(=O)COc1ccc([C@H]2c3sc(=O)[nH]c3SC3C2[C@H]2C[C@@H]3C3C(=O)N(c4ccc(F)cc4)C(=O)C32)cc1OC. The molecule has 3 aromatic rings. The van der Waals surface area contributed by atoms with E-state index < -0.39 is 23.6 Å². The molecule has 0 radical (unpaired) electrons. The van der Waals surface area contributed by atoms with Crippen LogP contribution in [0.5, 0.6) is 11.5 Å². The van der Waals surface area contributed by atoms with Gasteiger partial charge in [-0.05, 0) is 73.1 Å². The molecule has 2 amide bonds. The fraction of sp³-hybridized carbons (Fsp3) is 0.400. The Morgan fingerprint density at radius 3 is 2.50 bits per heavy atom. The van der Waals surface area contributed by atoms with Crippen LogP contribution in [0.4, 0.5) is 10.1 Å². The van der Waals surface area contributed by atoms with E-state index >= 15 is 0 Å². The zero-order chi connectivity index (χ0) is 29.3. The minimum Gasteiger partial charge on any atom is -0.493 e. The molecule has 1 N–H and O–H groups in total. The number of carbonyl (C=O) groups is 3. The lowest BCUT2D eigenvalue weighted by Crippen LogP contribution is -2.42. The summed E-state index contributed by atoms with van der Waals surface area (Å²) in [5.74, 6) is -1.78. The molecule has 3 heterocycles. The highest BCUT2D eigenvalue weighted by Crippen LogP contribution is 2.68. The number of nitrogens with one attached hydrogen (secondary N) is 1. The second kappa shape index (κ2) is 10.3. The number of rotatable bonds is 7. The molecule has 0 spiro atoms. The van der Waals surface area contributed by atoms with Crippen molar-refractivity contribution in [3.63, 3.8) is 0 Å². The predicted molar refractivity (Wildman–Crippen MR) is 153 cm³/mol. The zero-order valence-corrected chi connectivity index (χ0v) is 24.3. The first-order valence-corrected chi connectivity index (χ1v) is 15.5. The highest BCUT2D eigenvalue weighted by Gasteiger charge is 2.69. The van der Waals surface area contributed by atoms with Crippen LogP contribution < -0.4 is 19.2 Å². The molecule has 2 saturated carbocycles. The zero-order valence-electron chi connectivity index (χ0n) is 22.7. The molecule has 9 nitrogen and oxygen atoms in total. The molecule has 1 aromatic heterocycles. The van der Waals surface area contributed by atoms with E-state index in [1.165, 1.54) is 47.6 Å². The summed E-state index contributed by atoms with van der Waals surface area (Å²) in [7, 11) is 1.52. The van der Waals surface area contributed by atoms with Crippen LogP contribution >= 0.6 is 23.1 Å². The van der Waals surface area contributed by atoms with Gasteiger partial charge in [0.15, 0.2) is 18.1 Å². The van der Waals surface area contributed by atoms with Crippen molar-refractivity contribution in [2.75, 3.05) is 25.2 Å². The summed E-state index contributed by atoms with van der Waals surface area (Å²) < 4.78 is 29.9. The maximum absolute atomic E-state index is 13.8. The van der Waals surface area contributed by atoms with Gasteiger partial charge in [0.1, 0.15) is 5.82 Å². The molecule has 1 saturated heterocycles. The first-order chi connectivity index (χ1) is 20.3. The van der Waals surface area contributed by atoms with E-state index in [4.69, 9.17) is 14.2 Å². The molecule has 218 valence electrons. The van der Waals surface area contributed by atoms with Gasteiger partial charge in [0, 0.05) is 16.0 Å². The molecule has 12 heteroatoms. The Labute approximate surface area is 248 Å². The van der Waals surface area contributed by atoms with Crippen molar-refractivity contribution in [1.29, 1.82) is 0 Å². The molecular formula is C30H27FN2O7S2. The van der Waals surface area contributed by atoms with Gasteiger partial charge in [-0.25, -0.2) is 9.18 Å². The number of nitrogens with zero attached hydrogens (tertiary/aromatic N) is 1. The first kappa shape index (κ1) is 27.2. The number of anilines is 1. The number of thioether (sulfide) groups is 1. The molecule has 4 unspecified atom stereocenters. The number of halogens is 1. The van der Waals surface area contributed by atoms with E-state index in [0.717, 1.165) is 21.9 Å². The molecule has 3 fully saturated rings. The molecule has 2 aliphatic carbocycles. The standard InChI is InChI=1S/C30H27FN2O7S2/c1-3-39-20(34)12-40-18-9-4-13(10-19(18)38-2)21-22-16-11-17(25(22)41-27-26(21)42-30(37)32-27)24-23(16)28(35)33(29(24)36)15-7-5-14(31)6-8-15/h4-10,16-17,21-25H,3,11-12H2,1-2H3,(H,32,37)/t16-,17-,21-,22?,23?,24?,25?/m1/s1.